The van der Waals surface area contributed by atoms with Gasteiger partial charge in [-0.25, -0.2) is 4.68 Å². The minimum Gasteiger partial charge on any atom is -0.374 e. The third-order valence-electron chi connectivity index (χ3n) is 3.26. The van der Waals surface area contributed by atoms with Gasteiger partial charge in [0.2, 0.25) is 0 Å². The Morgan fingerprint density at radius 2 is 2.16 bits per heavy atom. The van der Waals surface area contributed by atoms with E-state index in [1.54, 1.807) is 6.20 Å². The zero-order valence-corrected chi connectivity index (χ0v) is 11.4. The van der Waals surface area contributed by atoms with Crippen LogP contribution in [0.1, 0.15) is 11.7 Å². The Morgan fingerprint density at radius 3 is 2.89 bits per heavy atom. The highest BCUT2D eigenvalue weighted by Crippen LogP contribution is 2.25. The van der Waals surface area contributed by atoms with E-state index in [4.69, 9.17) is 10.5 Å². The lowest BCUT2D eigenvalue weighted by Crippen LogP contribution is -2.35. The van der Waals surface area contributed by atoms with E-state index in [0.717, 1.165) is 29.5 Å². The Balaban J connectivity index is 1.87. The van der Waals surface area contributed by atoms with Gasteiger partial charge in [0.05, 0.1) is 30.1 Å². The summed E-state index contributed by atoms with van der Waals surface area (Å²) < 4.78 is 7.66. The average Bonchev–Trinajstić information content (AvgIpc) is 2.98. The Hall–Kier alpha value is -1.30. The number of para-hydroxylation sites is 1. The zero-order chi connectivity index (χ0) is 13.1. The molecule has 4 nitrogen and oxygen atoms in total. The van der Waals surface area contributed by atoms with Crippen molar-refractivity contribution in [2.45, 2.75) is 12.1 Å². The Kier molecular flexibility index (Phi) is 3.87. The van der Waals surface area contributed by atoms with Crippen LogP contribution in [0.15, 0.2) is 42.6 Å². The van der Waals surface area contributed by atoms with Crippen LogP contribution < -0.4 is 5.73 Å². The van der Waals surface area contributed by atoms with Crippen molar-refractivity contribution in [3.05, 3.63) is 48.3 Å². The molecule has 5 heteroatoms. The fourth-order valence-corrected chi connectivity index (χ4v) is 3.17. The second-order valence-electron chi connectivity index (χ2n) is 4.51. The Labute approximate surface area is 116 Å². The molecule has 1 aliphatic heterocycles. The molecule has 19 heavy (non-hydrogen) atoms. The number of aromatic nitrogens is 2. The van der Waals surface area contributed by atoms with E-state index in [9.17, 15) is 0 Å². The van der Waals surface area contributed by atoms with Crippen molar-refractivity contribution in [3.63, 3.8) is 0 Å². The van der Waals surface area contributed by atoms with Crippen LogP contribution in [-0.2, 0) is 4.74 Å². The van der Waals surface area contributed by atoms with Crippen molar-refractivity contribution < 1.29 is 4.74 Å². The van der Waals surface area contributed by atoms with Gasteiger partial charge in [0, 0.05) is 17.7 Å². The smallest absolute Gasteiger partial charge is 0.0873 e. The quantitative estimate of drug-likeness (QED) is 0.931. The molecule has 1 saturated heterocycles. The lowest BCUT2D eigenvalue weighted by molar-refractivity contribution is 0.0554. The second kappa shape index (κ2) is 5.77. The van der Waals surface area contributed by atoms with Gasteiger partial charge in [-0.05, 0) is 18.2 Å². The number of nitrogens with two attached hydrogens (primary N) is 1. The molecule has 0 amide bonds. The summed E-state index contributed by atoms with van der Waals surface area (Å²) in [6.07, 6.45) is 1.86. The normalized spacial score (nSPS) is 21.2. The number of thioether (sulfide) groups is 1. The highest BCUT2D eigenvalue weighted by Gasteiger charge is 2.25. The van der Waals surface area contributed by atoms with Crippen LogP contribution in [0.25, 0.3) is 5.69 Å². The van der Waals surface area contributed by atoms with Crippen LogP contribution in [0.4, 0.5) is 0 Å². The SMILES string of the molecule is NC(c1ccnn1-c1ccccc1)C1CSCCO1. The first-order chi connectivity index (χ1) is 9.36. The molecule has 1 aromatic carbocycles. The summed E-state index contributed by atoms with van der Waals surface area (Å²) in [7, 11) is 0. The van der Waals surface area contributed by atoms with Gasteiger partial charge in [-0.3, -0.25) is 0 Å². The number of hydrogen-bond donors (Lipinski definition) is 1. The highest BCUT2D eigenvalue weighted by atomic mass is 32.2. The first kappa shape index (κ1) is 12.7. The molecule has 3 rings (SSSR count). The predicted molar refractivity (Wildman–Crippen MR) is 77.6 cm³/mol. The monoisotopic (exact) mass is 275 g/mol. The summed E-state index contributed by atoms with van der Waals surface area (Å²) in [5.74, 6) is 2.00. The van der Waals surface area contributed by atoms with Crippen molar-refractivity contribution in [2.75, 3.05) is 18.1 Å². The van der Waals surface area contributed by atoms with E-state index in [-0.39, 0.29) is 12.1 Å². The van der Waals surface area contributed by atoms with Crippen molar-refractivity contribution in [1.29, 1.82) is 0 Å². The average molecular weight is 275 g/mol. The molecule has 0 radical (unpaired) electrons. The minimum atomic E-state index is -0.143. The van der Waals surface area contributed by atoms with Gasteiger partial charge in [-0.1, -0.05) is 18.2 Å². The molecule has 2 atom stereocenters. The van der Waals surface area contributed by atoms with Crippen molar-refractivity contribution in [1.82, 2.24) is 9.78 Å². The van der Waals surface area contributed by atoms with Crippen LogP contribution in [0.5, 0.6) is 0 Å². The van der Waals surface area contributed by atoms with Gasteiger partial charge >= 0.3 is 0 Å². The molecule has 1 aromatic heterocycles. The zero-order valence-electron chi connectivity index (χ0n) is 10.6. The molecule has 1 aliphatic rings. The second-order valence-corrected chi connectivity index (χ2v) is 5.66. The number of nitrogens with zero attached hydrogens (tertiary/aromatic N) is 2. The fraction of sp³-hybridized carbons (Fsp3) is 0.357. The number of rotatable bonds is 3. The first-order valence-electron chi connectivity index (χ1n) is 6.40. The van der Waals surface area contributed by atoms with Crippen LogP contribution in [0, 0.1) is 0 Å². The third kappa shape index (κ3) is 2.68. The Morgan fingerprint density at radius 1 is 1.32 bits per heavy atom. The minimum absolute atomic E-state index is 0.0675. The molecule has 1 fully saturated rings. The standard InChI is InChI=1S/C14H17N3OS/c15-14(13-10-19-9-8-18-13)12-6-7-16-17(12)11-4-2-1-3-5-11/h1-7,13-14H,8-10,15H2. The molecule has 2 unspecified atom stereocenters. The largest absolute Gasteiger partial charge is 0.374 e. The molecule has 100 valence electrons. The lowest BCUT2D eigenvalue weighted by Gasteiger charge is -2.28. The lowest BCUT2D eigenvalue weighted by atomic mass is 10.1. The molecule has 2 N–H and O–H groups in total. The maximum atomic E-state index is 6.35. The molecule has 2 heterocycles. The van der Waals surface area contributed by atoms with Crippen molar-refractivity contribution in [2.24, 2.45) is 5.73 Å². The van der Waals surface area contributed by atoms with E-state index in [1.165, 1.54) is 0 Å². The molecule has 0 aliphatic carbocycles. The van der Waals surface area contributed by atoms with E-state index >= 15 is 0 Å². The third-order valence-corrected chi connectivity index (χ3v) is 4.28. The van der Waals surface area contributed by atoms with Crippen LogP contribution in [0.3, 0.4) is 0 Å². The molecular formula is C14H17N3OS. The number of ether oxygens (including phenoxy) is 1. The van der Waals surface area contributed by atoms with Crippen molar-refractivity contribution >= 4 is 11.8 Å². The molecular weight excluding hydrogens is 258 g/mol. The van der Waals surface area contributed by atoms with Gasteiger partial charge in [0.1, 0.15) is 0 Å². The van der Waals surface area contributed by atoms with E-state index in [2.05, 4.69) is 5.10 Å². The van der Waals surface area contributed by atoms with E-state index < -0.39 is 0 Å². The topological polar surface area (TPSA) is 53.1 Å². The molecule has 0 spiro atoms. The van der Waals surface area contributed by atoms with Crippen LogP contribution in [0.2, 0.25) is 0 Å². The van der Waals surface area contributed by atoms with Crippen LogP contribution in [-0.4, -0.2) is 34.0 Å². The van der Waals surface area contributed by atoms with E-state index in [0.29, 0.717) is 0 Å². The Bertz CT molecular complexity index is 522. The maximum absolute atomic E-state index is 6.35. The fourth-order valence-electron chi connectivity index (χ4n) is 2.25. The molecule has 0 bridgehead atoms. The first-order valence-corrected chi connectivity index (χ1v) is 7.56. The molecule has 0 saturated carbocycles. The van der Waals surface area contributed by atoms with Gasteiger partial charge in [0.25, 0.3) is 0 Å². The van der Waals surface area contributed by atoms with Gasteiger partial charge in [-0.2, -0.15) is 16.9 Å². The van der Waals surface area contributed by atoms with E-state index in [1.807, 2.05) is 52.8 Å². The van der Waals surface area contributed by atoms with Gasteiger partial charge in [0.15, 0.2) is 0 Å². The number of hydrogen-bond acceptors (Lipinski definition) is 4. The summed E-state index contributed by atoms with van der Waals surface area (Å²) >= 11 is 1.90. The summed E-state index contributed by atoms with van der Waals surface area (Å²) in [5.41, 5.74) is 8.38. The van der Waals surface area contributed by atoms with Gasteiger partial charge in [-0.15, -0.1) is 0 Å². The maximum Gasteiger partial charge on any atom is 0.0873 e. The van der Waals surface area contributed by atoms with Crippen LogP contribution >= 0.6 is 11.8 Å². The predicted octanol–water partition coefficient (Wildman–Crippen LogP) is 2.00. The summed E-state index contributed by atoms with van der Waals surface area (Å²) in [5, 5.41) is 4.38. The summed E-state index contributed by atoms with van der Waals surface area (Å²) in [4.78, 5) is 0. The summed E-state index contributed by atoms with van der Waals surface area (Å²) in [6.45, 7) is 0.780. The number of benzene rings is 1. The highest BCUT2D eigenvalue weighted by molar-refractivity contribution is 7.99. The molecule has 2 aromatic rings. The summed E-state index contributed by atoms with van der Waals surface area (Å²) in [6, 6.07) is 11.9. The van der Waals surface area contributed by atoms with Crippen molar-refractivity contribution in [3.8, 4) is 5.69 Å². The van der Waals surface area contributed by atoms with Gasteiger partial charge < -0.3 is 10.5 Å².